The van der Waals surface area contributed by atoms with Crippen molar-refractivity contribution in [3.05, 3.63) is 12.2 Å². The van der Waals surface area contributed by atoms with Gasteiger partial charge >= 0.3 is 0 Å². The van der Waals surface area contributed by atoms with E-state index in [1.54, 1.807) is 0 Å². The average molecular weight is 137 g/mol. The third kappa shape index (κ3) is 0.523. The van der Waals surface area contributed by atoms with Gasteiger partial charge in [0.2, 0.25) is 0 Å². The molecule has 0 aromatic rings. The van der Waals surface area contributed by atoms with E-state index >= 15 is 0 Å². The van der Waals surface area contributed by atoms with Gasteiger partial charge in [0, 0.05) is 11.5 Å². The molecule has 0 aliphatic heterocycles. The molecular formula is C9H15N. The summed E-state index contributed by atoms with van der Waals surface area (Å²) in [5.74, 6) is 1.56. The molecule has 0 heterocycles. The second-order valence-electron chi connectivity index (χ2n) is 3.92. The third-order valence-electron chi connectivity index (χ3n) is 3.25. The second-order valence-corrected chi connectivity index (χ2v) is 3.92. The van der Waals surface area contributed by atoms with Crippen molar-refractivity contribution in [1.29, 1.82) is 0 Å². The van der Waals surface area contributed by atoms with E-state index in [-0.39, 0.29) is 5.54 Å². The van der Waals surface area contributed by atoms with Gasteiger partial charge in [-0.3, -0.25) is 0 Å². The van der Waals surface area contributed by atoms with E-state index in [0.717, 1.165) is 12.3 Å². The summed E-state index contributed by atoms with van der Waals surface area (Å²) >= 11 is 0. The van der Waals surface area contributed by atoms with E-state index in [2.05, 4.69) is 13.5 Å². The predicted molar refractivity (Wildman–Crippen MR) is 42.6 cm³/mol. The summed E-state index contributed by atoms with van der Waals surface area (Å²) in [6, 6.07) is 0. The summed E-state index contributed by atoms with van der Waals surface area (Å²) in [6.07, 6.45) is 3.62. The molecule has 3 atom stereocenters. The number of hydrogen-bond donors (Lipinski definition) is 1. The van der Waals surface area contributed by atoms with Crippen molar-refractivity contribution in [2.45, 2.75) is 31.7 Å². The van der Waals surface area contributed by atoms with Crippen molar-refractivity contribution >= 4 is 0 Å². The maximum Gasteiger partial charge on any atom is 0.0263 e. The first-order valence-corrected chi connectivity index (χ1v) is 4.14. The smallest absolute Gasteiger partial charge is 0.0263 e. The Hall–Kier alpha value is -0.300. The lowest BCUT2D eigenvalue weighted by Gasteiger charge is -2.62. The monoisotopic (exact) mass is 137 g/mol. The summed E-state index contributed by atoms with van der Waals surface area (Å²) in [5, 5.41) is 0. The molecule has 0 amide bonds. The zero-order valence-electron chi connectivity index (χ0n) is 6.56. The molecule has 3 unspecified atom stereocenters. The van der Waals surface area contributed by atoms with Gasteiger partial charge < -0.3 is 5.73 Å². The van der Waals surface area contributed by atoms with Crippen molar-refractivity contribution in [2.75, 3.05) is 0 Å². The number of fused-ring (bicyclic) bond motifs is 1. The average Bonchev–Trinajstić information content (AvgIpc) is 1.83. The molecule has 2 aliphatic rings. The van der Waals surface area contributed by atoms with Crippen molar-refractivity contribution in [3.63, 3.8) is 0 Å². The topological polar surface area (TPSA) is 26.0 Å². The Balaban J connectivity index is 2.08. The zero-order chi connectivity index (χ0) is 7.35. The summed E-state index contributed by atoms with van der Waals surface area (Å²) in [7, 11) is 0. The van der Waals surface area contributed by atoms with Crippen LogP contribution in [0.2, 0.25) is 0 Å². The van der Waals surface area contributed by atoms with Gasteiger partial charge in [-0.1, -0.05) is 25.5 Å². The third-order valence-corrected chi connectivity index (χ3v) is 3.25. The molecule has 0 spiro atoms. The quantitative estimate of drug-likeness (QED) is 0.547. The Morgan fingerprint density at radius 3 is 2.80 bits per heavy atom. The molecule has 2 rings (SSSR count). The molecule has 0 aromatic heterocycles. The molecule has 1 heteroatoms. The Bertz CT molecular complexity index is 185. The molecule has 10 heavy (non-hydrogen) atoms. The minimum Gasteiger partial charge on any atom is -0.324 e. The molecule has 0 saturated heterocycles. The molecule has 2 aliphatic carbocycles. The van der Waals surface area contributed by atoms with Gasteiger partial charge in [-0.15, -0.1) is 0 Å². The van der Waals surface area contributed by atoms with E-state index in [1.807, 2.05) is 0 Å². The summed E-state index contributed by atoms with van der Waals surface area (Å²) in [6.45, 7) is 6.25. The molecule has 56 valence electrons. The minimum atomic E-state index is 0.206. The Morgan fingerprint density at radius 2 is 2.50 bits per heavy atom. The Labute approximate surface area is 62.3 Å². The fourth-order valence-corrected chi connectivity index (χ4v) is 2.75. The fraction of sp³-hybridized carbons (Fsp3) is 0.778. The van der Waals surface area contributed by atoms with E-state index < -0.39 is 0 Å². The van der Waals surface area contributed by atoms with Crippen LogP contribution in [0.15, 0.2) is 12.2 Å². The highest BCUT2D eigenvalue weighted by Crippen LogP contribution is 2.59. The minimum absolute atomic E-state index is 0.206. The van der Waals surface area contributed by atoms with Gasteiger partial charge in [-0.05, 0) is 18.8 Å². The fourth-order valence-electron chi connectivity index (χ4n) is 2.75. The standard InChI is InChI=1S/C9H15N/c1-3-7-5-9(10)4-6(2)8(7)9/h7-8H,2-5,10H2,1H3. The highest BCUT2D eigenvalue weighted by atomic mass is 14.9. The molecule has 2 saturated carbocycles. The van der Waals surface area contributed by atoms with Gasteiger partial charge in [-0.25, -0.2) is 0 Å². The lowest BCUT2D eigenvalue weighted by molar-refractivity contribution is 0.00260. The molecule has 0 radical (unpaired) electrons. The first-order valence-electron chi connectivity index (χ1n) is 4.14. The Morgan fingerprint density at radius 1 is 1.80 bits per heavy atom. The molecule has 2 fully saturated rings. The van der Waals surface area contributed by atoms with Crippen LogP contribution in [-0.2, 0) is 0 Å². The molecule has 1 nitrogen and oxygen atoms in total. The first-order chi connectivity index (χ1) is 4.67. The van der Waals surface area contributed by atoms with Crippen molar-refractivity contribution in [2.24, 2.45) is 17.6 Å². The lowest BCUT2D eigenvalue weighted by atomic mass is 9.45. The van der Waals surface area contributed by atoms with Crippen LogP contribution in [0.5, 0.6) is 0 Å². The normalized spacial score (nSPS) is 51.2. The van der Waals surface area contributed by atoms with Crippen LogP contribution in [0.3, 0.4) is 0 Å². The van der Waals surface area contributed by atoms with Crippen LogP contribution in [0, 0.1) is 11.8 Å². The zero-order valence-corrected chi connectivity index (χ0v) is 6.56. The van der Waals surface area contributed by atoms with Gasteiger partial charge in [0.05, 0.1) is 0 Å². The molecule has 0 bridgehead atoms. The van der Waals surface area contributed by atoms with Gasteiger partial charge in [-0.2, -0.15) is 0 Å². The van der Waals surface area contributed by atoms with Crippen LogP contribution >= 0.6 is 0 Å². The van der Waals surface area contributed by atoms with Crippen molar-refractivity contribution < 1.29 is 0 Å². The summed E-state index contributed by atoms with van der Waals surface area (Å²) < 4.78 is 0. The number of rotatable bonds is 1. The maximum atomic E-state index is 6.05. The van der Waals surface area contributed by atoms with Gasteiger partial charge in [0.15, 0.2) is 0 Å². The van der Waals surface area contributed by atoms with Crippen molar-refractivity contribution in [3.8, 4) is 0 Å². The highest BCUT2D eigenvalue weighted by molar-refractivity contribution is 5.32. The van der Waals surface area contributed by atoms with Crippen LogP contribution in [0.25, 0.3) is 0 Å². The van der Waals surface area contributed by atoms with Gasteiger partial charge in [0.1, 0.15) is 0 Å². The number of hydrogen-bond acceptors (Lipinski definition) is 1. The van der Waals surface area contributed by atoms with Gasteiger partial charge in [0.25, 0.3) is 0 Å². The van der Waals surface area contributed by atoms with Crippen LogP contribution in [-0.4, -0.2) is 5.54 Å². The summed E-state index contributed by atoms with van der Waals surface area (Å²) in [4.78, 5) is 0. The molecular weight excluding hydrogens is 122 g/mol. The summed E-state index contributed by atoms with van der Waals surface area (Å²) in [5.41, 5.74) is 7.66. The lowest BCUT2D eigenvalue weighted by Crippen LogP contribution is -2.68. The second kappa shape index (κ2) is 1.65. The maximum absolute atomic E-state index is 6.05. The molecule has 2 N–H and O–H groups in total. The first kappa shape index (κ1) is 6.41. The largest absolute Gasteiger partial charge is 0.324 e. The van der Waals surface area contributed by atoms with E-state index in [1.165, 1.54) is 18.4 Å². The van der Waals surface area contributed by atoms with Crippen LogP contribution in [0.4, 0.5) is 0 Å². The number of nitrogens with two attached hydrogens (primary N) is 1. The highest BCUT2D eigenvalue weighted by Gasteiger charge is 2.58. The molecule has 0 aromatic carbocycles. The SMILES string of the molecule is C=C1CC2(N)CC(CC)C12. The van der Waals surface area contributed by atoms with Crippen molar-refractivity contribution in [1.82, 2.24) is 0 Å². The van der Waals surface area contributed by atoms with E-state index in [0.29, 0.717) is 5.92 Å². The van der Waals surface area contributed by atoms with Crippen LogP contribution < -0.4 is 5.73 Å². The Kier molecular flexibility index (Phi) is 1.06. The van der Waals surface area contributed by atoms with E-state index in [4.69, 9.17) is 5.73 Å². The predicted octanol–water partition coefficient (Wildman–Crippen LogP) is 1.69. The van der Waals surface area contributed by atoms with Crippen LogP contribution in [0.1, 0.15) is 26.2 Å². The van der Waals surface area contributed by atoms with E-state index in [9.17, 15) is 0 Å².